The molecular weight excluding hydrogens is 416 g/mol. The van der Waals surface area contributed by atoms with Crippen LogP contribution in [-0.4, -0.2) is 30.7 Å². The molecule has 0 radical (unpaired) electrons. The van der Waals surface area contributed by atoms with Crippen molar-refractivity contribution in [3.05, 3.63) is 59.3 Å². The van der Waals surface area contributed by atoms with Crippen LogP contribution >= 0.6 is 0 Å². The fraction of sp³-hybridized carbons (Fsp3) is 0.407. The van der Waals surface area contributed by atoms with Gasteiger partial charge in [-0.1, -0.05) is 32.8 Å². The number of aromatic nitrogens is 1. The average Bonchev–Trinajstić information content (AvgIpc) is 3.13. The highest BCUT2D eigenvalue weighted by molar-refractivity contribution is 5.96. The second-order valence-corrected chi connectivity index (χ2v) is 8.43. The summed E-state index contributed by atoms with van der Waals surface area (Å²) in [6.07, 6.45) is 6.64. The van der Waals surface area contributed by atoms with Gasteiger partial charge in [-0.25, -0.2) is 4.79 Å². The summed E-state index contributed by atoms with van der Waals surface area (Å²) in [5.74, 6) is 0.368. The summed E-state index contributed by atoms with van der Waals surface area (Å²) < 4.78 is 12.4. The van der Waals surface area contributed by atoms with Crippen LogP contribution < -0.4 is 10.1 Å². The smallest absolute Gasteiger partial charge is 0.337 e. The van der Waals surface area contributed by atoms with E-state index in [1.807, 2.05) is 31.3 Å². The van der Waals surface area contributed by atoms with Crippen LogP contribution in [0.25, 0.3) is 10.9 Å². The minimum Gasteiger partial charge on any atom is -0.496 e. The number of amides is 1. The van der Waals surface area contributed by atoms with Crippen molar-refractivity contribution in [2.45, 2.75) is 46.0 Å². The summed E-state index contributed by atoms with van der Waals surface area (Å²) in [6, 6.07) is 11.4. The second kappa shape index (κ2) is 11.0. The Kier molecular flexibility index (Phi) is 8.15. The molecule has 0 fully saturated rings. The number of nitrogens with one attached hydrogen (secondary N) is 1. The quantitative estimate of drug-likeness (QED) is 0.401. The molecule has 176 valence electrons. The van der Waals surface area contributed by atoms with Crippen LogP contribution in [0.4, 0.5) is 5.69 Å². The maximum absolute atomic E-state index is 12.8. The van der Waals surface area contributed by atoms with Crippen molar-refractivity contribution in [3.63, 3.8) is 0 Å². The first-order valence-corrected chi connectivity index (χ1v) is 11.6. The largest absolute Gasteiger partial charge is 0.496 e. The molecule has 6 nitrogen and oxygen atoms in total. The molecule has 2 aromatic carbocycles. The molecule has 0 saturated carbocycles. The Labute approximate surface area is 195 Å². The molecule has 3 rings (SSSR count). The van der Waals surface area contributed by atoms with Crippen LogP contribution in [0.5, 0.6) is 5.75 Å². The zero-order chi connectivity index (χ0) is 24.0. The van der Waals surface area contributed by atoms with E-state index in [0.717, 1.165) is 53.4 Å². The second-order valence-electron chi connectivity index (χ2n) is 8.43. The Morgan fingerprint density at radius 1 is 1.06 bits per heavy atom. The highest BCUT2D eigenvalue weighted by Crippen LogP contribution is 2.30. The fourth-order valence-electron chi connectivity index (χ4n) is 4.25. The lowest BCUT2D eigenvalue weighted by molar-refractivity contribution is -0.120. The summed E-state index contributed by atoms with van der Waals surface area (Å²) in [5, 5.41) is 4.20. The number of aryl methyl sites for hydroxylation is 1. The molecule has 0 spiro atoms. The molecule has 0 bridgehead atoms. The summed E-state index contributed by atoms with van der Waals surface area (Å²) in [6.45, 7) is 4.21. The van der Waals surface area contributed by atoms with Gasteiger partial charge in [0.25, 0.3) is 0 Å². The van der Waals surface area contributed by atoms with Gasteiger partial charge in [0.1, 0.15) is 5.75 Å². The van der Waals surface area contributed by atoms with E-state index in [2.05, 4.69) is 29.9 Å². The van der Waals surface area contributed by atoms with Gasteiger partial charge in [0.2, 0.25) is 5.91 Å². The van der Waals surface area contributed by atoms with Gasteiger partial charge >= 0.3 is 5.97 Å². The first kappa shape index (κ1) is 24.4. The van der Waals surface area contributed by atoms with Crippen molar-refractivity contribution in [1.82, 2.24) is 4.57 Å². The molecule has 1 aromatic heterocycles. The average molecular weight is 451 g/mol. The van der Waals surface area contributed by atoms with Gasteiger partial charge in [0.15, 0.2) is 0 Å². The van der Waals surface area contributed by atoms with E-state index in [9.17, 15) is 9.59 Å². The van der Waals surface area contributed by atoms with Gasteiger partial charge in [-0.15, -0.1) is 0 Å². The number of benzene rings is 2. The highest BCUT2D eigenvalue weighted by Gasteiger charge is 2.17. The number of hydrogen-bond acceptors (Lipinski definition) is 4. The summed E-state index contributed by atoms with van der Waals surface area (Å²) in [5.41, 5.74) is 4.44. The molecule has 0 aliphatic rings. The van der Waals surface area contributed by atoms with Gasteiger partial charge < -0.3 is 19.4 Å². The van der Waals surface area contributed by atoms with Crippen LogP contribution in [0.1, 0.15) is 61.0 Å². The topological polar surface area (TPSA) is 69.6 Å². The molecule has 3 aromatic rings. The molecule has 33 heavy (non-hydrogen) atoms. The first-order chi connectivity index (χ1) is 15.9. The van der Waals surface area contributed by atoms with Crippen LogP contribution in [0.15, 0.2) is 42.6 Å². The molecule has 6 heteroatoms. The van der Waals surface area contributed by atoms with E-state index in [1.165, 1.54) is 7.11 Å². The van der Waals surface area contributed by atoms with Crippen molar-refractivity contribution in [2.24, 2.45) is 13.0 Å². The Hall–Kier alpha value is -3.28. The number of ether oxygens (including phenoxy) is 2. The number of nitrogens with zero attached hydrogens (tertiary/aromatic N) is 1. The predicted molar refractivity (Wildman–Crippen MR) is 132 cm³/mol. The molecule has 1 heterocycles. The van der Waals surface area contributed by atoms with Gasteiger partial charge in [0, 0.05) is 42.2 Å². The SMILES string of the molecule is CCCCC(CC)C(=O)Nc1ccc2c(c1)c(Cc1ccc(C(=O)OC)cc1OC)cn2C. The normalized spacial score (nSPS) is 11.9. The third kappa shape index (κ3) is 5.56. The Balaban J connectivity index is 1.89. The maximum Gasteiger partial charge on any atom is 0.337 e. The predicted octanol–water partition coefficient (Wildman–Crippen LogP) is 5.72. The number of unbranched alkanes of at least 4 members (excludes halogenated alkanes) is 1. The molecular formula is C27H34N2O4. The first-order valence-electron chi connectivity index (χ1n) is 11.6. The van der Waals surface area contributed by atoms with Crippen molar-refractivity contribution < 1.29 is 19.1 Å². The standard InChI is InChI=1S/C27H34N2O4/c1-6-8-9-18(7-2)26(30)28-22-12-13-24-23(16-22)21(17-29(24)3)14-19-10-11-20(27(31)33-5)15-25(19)32-4/h10-13,15-18H,6-9,14H2,1-5H3,(H,28,30). The highest BCUT2D eigenvalue weighted by atomic mass is 16.5. The lowest BCUT2D eigenvalue weighted by Crippen LogP contribution is -2.22. The fourth-order valence-corrected chi connectivity index (χ4v) is 4.25. The van der Waals surface area contributed by atoms with Gasteiger partial charge in [-0.2, -0.15) is 0 Å². The van der Waals surface area contributed by atoms with E-state index in [-0.39, 0.29) is 11.8 Å². The maximum atomic E-state index is 12.8. The van der Waals surface area contributed by atoms with Crippen molar-refractivity contribution in [2.75, 3.05) is 19.5 Å². The number of fused-ring (bicyclic) bond motifs is 1. The Bertz CT molecular complexity index is 1130. The van der Waals surface area contributed by atoms with E-state index in [4.69, 9.17) is 9.47 Å². The third-order valence-corrected chi connectivity index (χ3v) is 6.20. The van der Waals surface area contributed by atoms with E-state index in [1.54, 1.807) is 19.2 Å². The van der Waals surface area contributed by atoms with Crippen LogP contribution in [0, 0.1) is 5.92 Å². The number of carbonyl (C=O) groups excluding carboxylic acids is 2. The Morgan fingerprint density at radius 3 is 2.52 bits per heavy atom. The molecule has 1 atom stereocenters. The molecule has 0 saturated heterocycles. The van der Waals surface area contributed by atoms with Crippen molar-refractivity contribution >= 4 is 28.5 Å². The summed E-state index contributed by atoms with van der Waals surface area (Å²) in [7, 11) is 4.97. The Morgan fingerprint density at radius 2 is 1.85 bits per heavy atom. The summed E-state index contributed by atoms with van der Waals surface area (Å²) in [4.78, 5) is 24.7. The van der Waals surface area contributed by atoms with E-state index < -0.39 is 5.97 Å². The van der Waals surface area contributed by atoms with Crippen molar-refractivity contribution in [1.29, 1.82) is 0 Å². The number of anilines is 1. The zero-order valence-corrected chi connectivity index (χ0v) is 20.2. The van der Waals surface area contributed by atoms with Gasteiger partial charge in [0.05, 0.1) is 19.8 Å². The van der Waals surface area contributed by atoms with Gasteiger partial charge in [-0.05, 0) is 54.3 Å². The number of carbonyl (C=O) groups is 2. The monoisotopic (exact) mass is 450 g/mol. The number of esters is 1. The molecule has 0 aliphatic heterocycles. The zero-order valence-electron chi connectivity index (χ0n) is 20.2. The van der Waals surface area contributed by atoms with Gasteiger partial charge in [-0.3, -0.25) is 4.79 Å². The van der Waals surface area contributed by atoms with Crippen molar-refractivity contribution in [3.8, 4) is 5.75 Å². The van der Waals surface area contributed by atoms with E-state index in [0.29, 0.717) is 17.7 Å². The van der Waals surface area contributed by atoms with Crippen LogP contribution in [0.2, 0.25) is 0 Å². The molecule has 0 aliphatic carbocycles. The number of hydrogen-bond donors (Lipinski definition) is 1. The van der Waals surface area contributed by atoms with E-state index >= 15 is 0 Å². The third-order valence-electron chi connectivity index (χ3n) is 6.20. The number of rotatable bonds is 10. The summed E-state index contributed by atoms with van der Waals surface area (Å²) >= 11 is 0. The van der Waals surface area contributed by atoms with Crippen LogP contribution in [0.3, 0.4) is 0 Å². The minimum absolute atomic E-state index is 0.0356. The minimum atomic E-state index is -0.394. The van der Waals surface area contributed by atoms with Crippen LogP contribution in [-0.2, 0) is 23.0 Å². The lowest BCUT2D eigenvalue weighted by atomic mass is 9.98. The number of methoxy groups -OCH3 is 2. The molecule has 1 N–H and O–H groups in total. The lowest BCUT2D eigenvalue weighted by Gasteiger charge is -2.15. The molecule has 1 unspecified atom stereocenters. The molecule has 1 amide bonds.